The van der Waals surface area contributed by atoms with E-state index in [1.807, 2.05) is 0 Å². The summed E-state index contributed by atoms with van der Waals surface area (Å²) in [5, 5.41) is 10.0. The van der Waals surface area contributed by atoms with Crippen LogP contribution in [0.4, 0.5) is 0 Å². The first-order valence-corrected chi connectivity index (χ1v) is 7.64. The quantitative estimate of drug-likeness (QED) is 0.816. The fraction of sp³-hybridized carbons (Fsp3) is 0.308. The van der Waals surface area contributed by atoms with Gasteiger partial charge in [0.25, 0.3) is 0 Å². The fourth-order valence-corrected chi connectivity index (χ4v) is 1.74. The summed E-state index contributed by atoms with van der Waals surface area (Å²) in [4.78, 5) is 13.0. The average Bonchev–Trinajstić information content (AvgIpc) is 2.34. The second-order valence-corrected chi connectivity index (χ2v) is 6.24. The lowest BCUT2D eigenvalue weighted by Gasteiger charge is -2.14. The van der Waals surface area contributed by atoms with E-state index in [1.54, 1.807) is 31.3 Å². The fourth-order valence-electron chi connectivity index (χ4n) is 1.38. The van der Waals surface area contributed by atoms with E-state index < -0.39 is 9.84 Å². The molecule has 0 aliphatic rings. The Kier molecular flexibility index (Phi) is 5.11. The van der Waals surface area contributed by atoms with Crippen molar-refractivity contribution >= 4 is 15.7 Å². The maximum absolute atomic E-state index is 11.6. The van der Waals surface area contributed by atoms with Crippen molar-refractivity contribution in [2.24, 2.45) is 0 Å². The molecule has 1 aromatic carbocycles. The van der Waals surface area contributed by atoms with E-state index in [1.165, 1.54) is 4.90 Å². The van der Waals surface area contributed by atoms with Gasteiger partial charge in [-0.2, -0.15) is 0 Å². The van der Waals surface area contributed by atoms with Crippen molar-refractivity contribution in [1.82, 2.24) is 4.90 Å². The van der Waals surface area contributed by atoms with Gasteiger partial charge in [-0.3, -0.25) is 4.79 Å². The standard InChI is InChI=1S/C13H17NO4S/c1-14(13(16)8-10-19(2,17)18)9-7-11-3-5-12(15)6-4-11/h3-6,8,10,15H,7,9H2,1-2H3/b10-8+. The van der Waals surface area contributed by atoms with Gasteiger partial charge in [-0.05, 0) is 24.1 Å². The monoisotopic (exact) mass is 283 g/mol. The predicted molar refractivity (Wildman–Crippen MR) is 73.4 cm³/mol. The lowest BCUT2D eigenvalue weighted by Crippen LogP contribution is -2.27. The first-order chi connectivity index (χ1) is 8.78. The third-order valence-corrected chi connectivity index (χ3v) is 3.14. The molecule has 0 aliphatic heterocycles. The highest BCUT2D eigenvalue weighted by Gasteiger charge is 2.06. The van der Waals surface area contributed by atoms with Crippen molar-refractivity contribution in [2.45, 2.75) is 6.42 Å². The Morgan fingerprint density at radius 2 is 1.89 bits per heavy atom. The SMILES string of the molecule is CN(CCc1ccc(O)cc1)C(=O)/C=C/S(C)(=O)=O. The molecule has 0 saturated carbocycles. The topological polar surface area (TPSA) is 74.7 Å². The van der Waals surface area contributed by atoms with Crippen molar-refractivity contribution in [3.8, 4) is 5.75 Å². The van der Waals surface area contributed by atoms with Crippen LogP contribution in [0.1, 0.15) is 5.56 Å². The van der Waals surface area contributed by atoms with E-state index in [2.05, 4.69) is 0 Å². The molecule has 0 aromatic heterocycles. The molecule has 0 aliphatic carbocycles. The molecule has 0 saturated heterocycles. The van der Waals surface area contributed by atoms with Crippen LogP contribution >= 0.6 is 0 Å². The normalized spacial score (nSPS) is 11.7. The highest BCUT2D eigenvalue weighted by atomic mass is 32.2. The molecule has 0 bridgehead atoms. The Balaban J connectivity index is 2.51. The summed E-state index contributed by atoms with van der Waals surface area (Å²) in [5.41, 5.74) is 0.990. The number of nitrogens with zero attached hydrogens (tertiary/aromatic N) is 1. The zero-order chi connectivity index (χ0) is 14.5. The molecule has 0 unspecified atom stereocenters. The van der Waals surface area contributed by atoms with Gasteiger partial charge in [0.15, 0.2) is 9.84 Å². The van der Waals surface area contributed by atoms with E-state index in [4.69, 9.17) is 5.11 Å². The number of aromatic hydroxyl groups is 1. The lowest BCUT2D eigenvalue weighted by atomic mass is 10.1. The van der Waals surface area contributed by atoms with Crippen molar-refractivity contribution in [3.05, 3.63) is 41.3 Å². The van der Waals surface area contributed by atoms with Crippen LogP contribution in [0.15, 0.2) is 35.7 Å². The van der Waals surface area contributed by atoms with E-state index in [9.17, 15) is 13.2 Å². The molecule has 0 fully saturated rings. The second kappa shape index (κ2) is 6.38. The Morgan fingerprint density at radius 1 is 1.32 bits per heavy atom. The Bertz CT molecular complexity index is 561. The molecule has 5 nitrogen and oxygen atoms in total. The number of phenolic OH excluding ortho intramolecular Hbond substituents is 1. The Hall–Kier alpha value is -1.82. The Labute approximate surface area is 113 Å². The number of benzene rings is 1. The minimum atomic E-state index is -3.28. The molecule has 104 valence electrons. The molecule has 1 amide bonds. The molecular weight excluding hydrogens is 266 g/mol. The van der Waals surface area contributed by atoms with Crippen molar-refractivity contribution in [3.63, 3.8) is 0 Å². The number of amides is 1. The van der Waals surface area contributed by atoms with E-state index in [0.717, 1.165) is 23.3 Å². The number of hydrogen-bond acceptors (Lipinski definition) is 4. The minimum Gasteiger partial charge on any atom is -0.508 e. The summed E-state index contributed by atoms with van der Waals surface area (Å²) in [7, 11) is -1.67. The number of phenols is 1. The molecule has 1 N–H and O–H groups in total. The lowest BCUT2D eigenvalue weighted by molar-refractivity contribution is -0.124. The average molecular weight is 283 g/mol. The predicted octanol–water partition coefficient (Wildman–Crippen LogP) is 0.951. The van der Waals surface area contributed by atoms with Crippen LogP contribution in [-0.2, 0) is 21.1 Å². The molecule has 1 aromatic rings. The highest BCUT2D eigenvalue weighted by Crippen LogP contribution is 2.10. The van der Waals surface area contributed by atoms with Gasteiger partial charge in [-0.15, -0.1) is 0 Å². The molecule has 1 rings (SSSR count). The zero-order valence-electron chi connectivity index (χ0n) is 10.9. The maximum Gasteiger partial charge on any atom is 0.247 e. The Morgan fingerprint density at radius 3 is 2.42 bits per heavy atom. The third-order valence-electron chi connectivity index (χ3n) is 2.51. The number of carbonyl (C=O) groups is 1. The number of rotatable bonds is 5. The van der Waals surface area contributed by atoms with Gasteiger partial charge in [-0.1, -0.05) is 12.1 Å². The van der Waals surface area contributed by atoms with Crippen LogP contribution in [0.25, 0.3) is 0 Å². The van der Waals surface area contributed by atoms with Gasteiger partial charge in [0.2, 0.25) is 5.91 Å². The van der Waals surface area contributed by atoms with Gasteiger partial charge >= 0.3 is 0 Å². The van der Waals surface area contributed by atoms with Crippen LogP contribution < -0.4 is 0 Å². The van der Waals surface area contributed by atoms with Gasteiger partial charge in [0.05, 0.1) is 0 Å². The van der Waals surface area contributed by atoms with Crippen LogP contribution in [0.5, 0.6) is 5.75 Å². The molecule has 0 heterocycles. The molecule has 6 heteroatoms. The molecule has 0 spiro atoms. The molecule has 19 heavy (non-hydrogen) atoms. The smallest absolute Gasteiger partial charge is 0.247 e. The van der Waals surface area contributed by atoms with Crippen LogP contribution in [-0.4, -0.2) is 44.2 Å². The van der Waals surface area contributed by atoms with Gasteiger partial charge in [0.1, 0.15) is 5.75 Å². The summed E-state index contributed by atoms with van der Waals surface area (Å²) >= 11 is 0. The van der Waals surface area contributed by atoms with Crippen LogP contribution in [0.3, 0.4) is 0 Å². The van der Waals surface area contributed by atoms with Crippen LogP contribution in [0, 0.1) is 0 Å². The van der Waals surface area contributed by atoms with Crippen molar-refractivity contribution in [1.29, 1.82) is 0 Å². The van der Waals surface area contributed by atoms with E-state index in [-0.39, 0.29) is 11.7 Å². The largest absolute Gasteiger partial charge is 0.508 e. The maximum atomic E-state index is 11.6. The third kappa shape index (κ3) is 6.05. The van der Waals surface area contributed by atoms with Crippen molar-refractivity contribution in [2.75, 3.05) is 19.8 Å². The van der Waals surface area contributed by atoms with Gasteiger partial charge in [-0.25, -0.2) is 8.42 Å². The number of likely N-dealkylation sites (N-methyl/N-ethyl adjacent to an activating group) is 1. The summed E-state index contributed by atoms with van der Waals surface area (Å²) < 4.78 is 21.8. The first-order valence-electron chi connectivity index (χ1n) is 5.69. The van der Waals surface area contributed by atoms with Crippen molar-refractivity contribution < 1.29 is 18.3 Å². The van der Waals surface area contributed by atoms with Gasteiger partial charge < -0.3 is 10.0 Å². The molecular formula is C13H17NO4S. The minimum absolute atomic E-state index is 0.198. The highest BCUT2D eigenvalue weighted by molar-refractivity contribution is 7.93. The summed E-state index contributed by atoms with van der Waals surface area (Å²) in [6.07, 6.45) is 2.72. The van der Waals surface area contributed by atoms with Gasteiger partial charge in [0, 0.05) is 31.3 Å². The molecule has 0 atom stereocenters. The van der Waals surface area contributed by atoms with E-state index in [0.29, 0.717) is 13.0 Å². The number of carbonyl (C=O) groups excluding carboxylic acids is 1. The summed E-state index contributed by atoms with van der Waals surface area (Å²) in [6, 6.07) is 6.72. The number of sulfone groups is 1. The zero-order valence-corrected chi connectivity index (χ0v) is 11.7. The second-order valence-electron chi connectivity index (χ2n) is 4.31. The molecule has 0 radical (unpaired) electrons. The van der Waals surface area contributed by atoms with Crippen LogP contribution in [0.2, 0.25) is 0 Å². The van der Waals surface area contributed by atoms with E-state index >= 15 is 0 Å². The summed E-state index contributed by atoms with van der Waals surface area (Å²) in [6.45, 7) is 0.470. The first kappa shape index (κ1) is 15.2. The number of hydrogen-bond donors (Lipinski definition) is 1. The summed E-state index contributed by atoms with van der Waals surface area (Å²) in [5.74, 6) is -0.159.